The van der Waals surface area contributed by atoms with Gasteiger partial charge in [-0.1, -0.05) is 54.6 Å². The van der Waals surface area contributed by atoms with Crippen molar-refractivity contribution in [3.63, 3.8) is 0 Å². The number of aryl methyl sites for hydroxylation is 2. The Morgan fingerprint density at radius 3 is 2.00 bits per heavy atom. The number of benzene rings is 3. The Morgan fingerprint density at radius 2 is 1.47 bits per heavy atom. The highest BCUT2D eigenvalue weighted by Gasteiger charge is 2.61. The van der Waals surface area contributed by atoms with Crippen LogP contribution in [0.15, 0.2) is 72.8 Å². The van der Waals surface area contributed by atoms with Crippen LogP contribution in [0.2, 0.25) is 0 Å². The van der Waals surface area contributed by atoms with Gasteiger partial charge in [0, 0.05) is 11.1 Å². The van der Waals surface area contributed by atoms with E-state index in [0.717, 1.165) is 34.4 Å². The van der Waals surface area contributed by atoms with Crippen LogP contribution in [0.4, 0.5) is 18.9 Å². The molecule has 1 atom stereocenters. The Hall–Kier alpha value is -3.08. The summed E-state index contributed by atoms with van der Waals surface area (Å²) in [5.41, 5.74) is 3.27. The standard InChI is InChI=1S/C25H22F3NO/c1-16-8-3-5-12-20(16)24(21-13-6-4-9-17(21)2)15-22(24)23(30)29-19-11-7-10-18(14-19)25(26,27)28/h3-14,22H,15H2,1-2H3,(H,29,30)/t22-/m1/s1. The molecule has 5 heteroatoms. The molecule has 0 spiro atoms. The van der Waals surface area contributed by atoms with Gasteiger partial charge < -0.3 is 5.32 Å². The molecule has 30 heavy (non-hydrogen) atoms. The minimum atomic E-state index is -4.45. The number of hydrogen-bond donors (Lipinski definition) is 1. The first-order chi connectivity index (χ1) is 14.2. The van der Waals surface area contributed by atoms with Gasteiger partial charge in [0.2, 0.25) is 5.91 Å². The second-order valence-corrected chi connectivity index (χ2v) is 7.93. The van der Waals surface area contributed by atoms with Gasteiger partial charge in [-0.15, -0.1) is 0 Å². The van der Waals surface area contributed by atoms with E-state index in [2.05, 4.69) is 5.32 Å². The van der Waals surface area contributed by atoms with Crippen molar-refractivity contribution in [1.82, 2.24) is 0 Å². The van der Waals surface area contributed by atoms with Gasteiger partial charge in [0.1, 0.15) is 0 Å². The highest BCUT2D eigenvalue weighted by Crippen LogP contribution is 2.60. The summed E-state index contributed by atoms with van der Waals surface area (Å²) in [7, 11) is 0. The van der Waals surface area contributed by atoms with Crippen LogP contribution in [0, 0.1) is 19.8 Å². The third-order valence-electron chi connectivity index (χ3n) is 5.99. The quantitative estimate of drug-likeness (QED) is 0.541. The van der Waals surface area contributed by atoms with Gasteiger partial charge in [-0.25, -0.2) is 0 Å². The van der Waals surface area contributed by atoms with Crippen molar-refractivity contribution in [1.29, 1.82) is 0 Å². The lowest BCUT2D eigenvalue weighted by Crippen LogP contribution is -2.23. The van der Waals surface area contributed by atoms with Crippen molar-refractivity contribution in [2.45, 2.75) is 31.9 Å². The third-order valence-corrected chi connectivity index (χ3v) is 5.99. The Labute approximate surface area is 173 Å². The van der Waals surface area contributed by atoms with Crippen LogP contribution >= 0.6 is 0 Å². The molecule has 1 fully saturated rings. The molecule has 2 nitrogen and oxygen atoms in total. The fourth-order valence-corrected chi connectivity index (χ4v) is 4.47. The molecule has 0 unspecified atom stereocenters. The first-order valence-corrected chi connectivity index (χ1v) is 9.84. The molecule has 3 aromatic carbocycles. The van der Waals surface area contributed by atoms with Crippen molar-refractivity contribution >= 4 is 11.6 Å². The number of halogens is 3. The molecule has 0 radical (unpaired) electrons. The molecule has 3 aromatic rings. The molecule has 1 N–H and O–H groups in total. The van der Waals surface area contributed by atoms with Crippen molar-refractivity contribution in [2.24, 2.45) is 5.92 Å². The van der Waals surface area contributed by atoms with Gasteiger partial charge in [-0.05, 0) is 60.7 Å². The van der Waals surface area contributed by atoms with Gasteiger partial charge in [0.05, 0.1) is 11.5 Å². The average Bonchev–Trinajstić information content (AvgIpc) is 3.45. The highest BCUT2D eigenvalue weighted by atomic mass is 19.4. The minimum absolute atomic E-state index is 0.158. The number of hydrogen-bond acceptors (Lipinski definition) is 1. The lowest BCUT2D eigenvalue weighted by molar-refractivity contribution is -0.137. The summed E-state index contributed by atoms with van der Waals surface area (Å²) in [4.78, 5) is 13.1. The summed E-state index contributed by atoms with van der Waals surface area (Å²) < 4.78 is 39.1. The predicted molar refractivity (Wildman–Crippen MR) is 111 cm³/mol. The van der Waals surface area contributed by atoms with Crippen LogP contribution in [-0.4, -0.2) is 5.91 Å². The summed E-state index contributed by atoms with van der Waals surface area (Å²) in [6.45, 7) is 4.05. The number of carbonyl (C=O) groups excluding carboxylic acids is 1. The topological polar surface area (TPSA) is 29.1 Å². The van der Waals surface area contributed by atoms with E-state index in [1.54, 1.807) is 0 Å². The molecule has 0 aromatic heterocycles. The summed E-state index contributed by atoms with van der Waals surface area (Å²) >= 11 is 0. The van der Waals surface area contributed by atoms with E-state index >= 15 is 0 Å². The minimum Gasteiger partial charge on any atom is -0.326 e. The Morgan fingerprint density at radius 1 is 0.900 bits per heavy atom. The molecule has 154 valence electrons. The van der Waals surface area contributed by atoms with Crippen LogP contribution < -0.4 is 5.32 Å². The molecular weight excluding hydrogens is 387 g/mol. The number of rotatable bonds is 4. The number of alkyl halides is 3. The SMILES string of the molecule is Cc1ccccc1C1(c2ccccc2C)C[C@@H]1C(=O)Nc1cccc(C(F)(F)F)c1. The lowest BCUT2D eigenvalue weighted by Gasteiger charge is -2.23. The molecule has 1 aliphatic rings. The maximum absolute atomic E-state index is 13.1. The van der Waals surface area contributed by atoms with E-state index in [9.17, 15) is 18.0 Å². The molecule has 1 amide bonds. The first kappa shape index (κ1) is 20.2. The van der Waals surface area contributed by atoms with Crippen molar-refractivity contribution in [3.05, 3.63) is 101 Å². The van der Waals surface area contributed by atoms with Crippen molar-refractivity contribution < 1.29 is 18.0 Å². The van der Waals surface area contributed by atoms with Gasteiger partial charge in [-0.3, -0.25) is 4.79 Å². The number of nitrogens with one attached hydrogen (secondary N) is 1. The second kappa shape index (κ2) is 7.31. The maximum Gasteiger partial charge on any atom is 0.416 e. The number of amides is 1. The maximum atomic E-state index is 13.1. The molecular formula is C25H22F3NO. The monoisotopic (exact) mass is 409 g/mol. The number of carbonyl (C=O) groups is 1. The zero-order chi connectivity index (χ0) is 21.5. The van der Waals surface area contributed by atoms with Crippen LogP contribution in [0.25, 0.3) is 0 Å². The zero-order valence-corrected chi connectivity index (χ0v) is 16.8. The Balaban J connectivity index is 1.69. The van der Waals surface area contributed by atoms with E-state index in [4.69, 9.17) is 0 Å². The molecule has 1 saturated carbocycles. The van der Waals surface area contributed by atoms with Crippen molar-refractivity contribution in [3.8, 4) is 0 Å². The summed E-state index contributed by atoms with van der Waals surface area (Å²) in [6, 6.07) is 20.7. The van der Waals surface area contributed by atoms with Gasteiger partial charge >= 0.3 is 6.18 Å². The fraction of sp³-hybridized carbons (Fsp3) is 0.240. The third kappa shape index (κ3) is 3.49. The number of anilines is 1. The van der Waals surface area contributed by atoms with Crippen molar-refractivity contribution in [2.75, 3.05) is 5.32 Å². The molecule has 0 heterocycles. The smallest absolute Gasteiger partial charge is 0.326 e. The van der Waals surface area contributed by atoms with E-state index in [0.29, 0.717) is 6.42 Å². The Kier molecular flexibility index (Phi) is 4.92. The van der Waals surface area contributed by atoms with E-state index in [1.807, 2.05) is 62.4 Å². The van der Waals surface area contributed by atoms with Crippen LogP contribution in [-0.2, 0) is 16.4 Å². The zero-order valence-electron chi connectivity index (χ0n) is 16.8. The van der Waals surface area contributed by atoms with Gasteiger partial charge in [-0.2, -0.15) is 13.2 Å². The first-order valence-electron chi connectivity index (χ1n) is 9.84. The molecule has 0 aliphatic heterocycles. The fourth-order valence-electron chi connectivity index (χ4n) is 4.47. The van der Waals surface area contributed by atoms with Crippen LogP contribution in [0.1, 0.15) is 34.2 Å². The second-order valence-electron chi connectivity index (χ2n) is 7.93. The van der Waals surface area contributed by atoms with Crippen LogP contribution in [0.3, 0.4) is 0 Å². The highest BCUT2D eigenvalue weighted by molar-refractivity contribution is 5.97. The lowest BCUT2D eigenvalue weighted by atomic mass is 9.81. The normalized spacial score (nSPS) is 17.4. The van der Waals surface area contributed by atoms with Gasteiger partial charge in [0.15, 0.2) is 0 Å². The predicted octanol–water partition coefficient (Wildman–Crippen LogP) is 6.27. The van der Waals surface area contributed by atoms with E-state index < -0.39 is 17.2 Å². The average molecular weight is 409 g/mol. The summed E-state index contributed by atoms with van der Waals surface area (Å²) in [5.74, 6) is -0.616. The molecule has 0 saturated heterocycles. The van der Waals surface area contributed by atoms with Crippen LogP contribution in [0.5, 0.6) is 0 Å². The van der Waals surface area contributed by atoms with E-state index in [1.165, 1.54) is 12.1 Å². The summed E-state index contributed by atoms with van der Waals surface area (Å²) in [6.07, 6.45) is -3.83. The molecule has 0 bridgehead atoms. The summed E-state index contributed by atoms with van der Waals surface area (Å²) in [5, 5.41) is 2.71. The largest absolute Gasteiger partial charge is 0.416 e. The van der Waals surface area contributed by atoms with Gasteiger partial charge in [0.25, 0.3) is 0 Å². The molecule has 4 rings (SSSR count). The Bertz CT molecular complexity index is 1060. The molecule has 1 aliphatic carbocycles. The van der Waals surface area contributed by atoms with E-state index in [-0.39, 0.29) is 17.5 Å².